The SMILES string of the molecule is Cc1ccc(CCNC(=O)c2ccc(Cl)cc2)o1. The summed E-state index contributed by atoms with van der Waals surface area (Å²) in [7, 11) is 0. The predicted molar refractivity (Wildman–Crippen MR) is 70.9 cm³/mol. The summed E-state index contributed by atoms with van der Waals surface area (Å²) in [6.07, 6.45) is 0.688. The van der Waals surface area contributed by atoms with Crippen molar-refractivity contribution >= 4 is 17.5 Å². The van der Waals surface area contributed by atoms with Crippen molar-refractivity contribution < 1.29 is 9.21 Å². The van der Waals surface area contributed by atoms with Gasteiger partial charge in [-0.15, -0.1) is 0 Å². The van der Waals surface area contributed by atoms with Gasteiger partial charge in [0.05, 0.1) is 0 Å². The molecule has 94 valence electrons. The third kappa shape index (κ3) is 3.37. The highest BCUT2D eigenvalue weighted by atomic mass is 35.5. The van der Waals surface area contributed by atoms with Crippen molar-refractivity contribution in [1.29, 1.82) is 0 Å². The smallest absolute Gasteiger partial charge is 0.251 e. The maximum atomic E-state index is 11.8. The lowest BCUT2D eigenvalue weighted by atomic mass is 10.2. The molecule has 18 heavy (non-hydrogen) atoms. The normalized spacial score (nSPS) is 10.3. The van der Waals surface area contributed by atoms with Gasteiger partial charge in [0, 0.05) is 23.6 Å². The molecule has 0 fully saturated rings. The van der Waals surface area contributed by atoms with Crippen LogP contribution in [-0.4, -0.2) is 12.5 Å². The van der Waals surface area contributed by atoms with Gasteiger partial charge >= 0.3 is 0 Å². The van der Waals surface area contributed by atoms with E-state index in [1.807, 2.05) is 19.1 Å². The van der Waals surface area contributed by atoms with E-state index in [1.54, 1.807) is 24.3 Å². The van der Waals surface area contributed by atoms with E-state index in [0.29, 0.717) is 23.6 Å². The van der Waals surface area contributed by atoms with Crippen LogP contribution >= 0.6 is 11.6 Å². The average Bonchev–Trinajstić information content (AvgIpc) is 2.76. The maximum absolute atomic E-state index is 11.8. The second-order valence-electron chi connectivity index (χ2n) is 4.03. The van der Waals surface area contributed by atoms with E-state index in [-0.39, 0.29) is 5.91 Å². The number of halogens is 1. The molecule has 1 aromatic carbocycles. The Morgan fingerprint density at radius 1 is 1.22 bits per heavy atom. The van der Waals surface area contributed by atoms with Crippen LogP contribution in [0, 0.1) is 6.92 Å². The Kier molecular flexibility index (Phi) is 4.05. The predicted octanol–water partition coefficient (Wildman–Crippen LogP) is 3.21. The largest absolute Gasteiger partial charge is 0.466 e. The van der Waals surface area contributed by atoms with Crippen LogP contribution in [0.4, 0.5) is 0 Å². The first kappa shape index (κ1) is 12.7. The Balaban J connectivity index is 1.83. The van der Waals surface area contributed by atoms with Gasteiger partial charge in [-0.3, -0.25) is 4.79 Å². The molecule has 4 heteroatoms. The summed E-state index contributed by atoms with van der Waals surface area (Å²) in [5.41, 5.74) is 0.607. The summed E-state index contributed by atoms with van der Waals surface area (Å²) in [6, 6.07) is 10.6. The van der Waals surface area contributed by atoms with Crippen LogP contribution in [0.2, 0.25) is 5.02 Å². The third-order valence-electron chi connectivity index (χ3n) is 2.56. The molecule has 0 bridgehead atoms. The molecule has 0 saturated heterocycles. The van der Waals surface area contributed by atoms with E-state index >= 15 is 0 Å². The molecule has 0 unspecified atom stereocenters. The number of benzene rings is 1. The van der Waals surface area contributed by atoms with Crippen LogP contribution in [0.3, 0.4) is 0 Å². The standard InChI is InChI=1S/C14H14ClNO2/c1-10-2-7-13(18-10)8-9-16-14(17)11-3-5-12(15)6-4-11/h2-7H,8-9H2,1H3,(H,16,17). The molecule has 0 saturated carbocycles. The fourth-order valence-electron chi connectivity index (χ4n) is 1.62. The van der Waals surface area contributed by atoms with Crippen molar-refractivity contribution in [1.82, 2.24) is 5.32 Å². The number of nitrogens with one attached hydrogen (secondary N) is 1. The number of aryl methyl sites for hydroxylation is 1. The van der Waals surface area contributed by atoms with E-state index < -0.39 is 0 Å². The van der Waals surface area contributed by atoms with Gasteiger partial charge in [-0.25, -0.2) is 0 Å². The molecule has 0 aliphatic rings. The first-order valence-corrected chi connectivity index (χ1v) is 6.12. The molecule has 0 aliphatic carbocycles. The van der Waals surface area contributed by atoms with Gasteiger partial charge in [-0.05, 0) is 43.3 Å². The molecular weight excluding hydrogens is 250 g/mol. The molecule has 1 N–H and O–H groups in total. The summed E-state index contributed by atoms with van der Waals surface area (Å²) >= 11 is 5.76. The first-order valence-electron chi connectivity index (χ1n) is 5.74. The van der Waals surface area contributed by atoms with E-state index in [2.05, 4.69) is 5.32 Å². The van der Waals surface area contributed by atoms with Crippen LogP contribution in [0.1, 0.15) is 21.9 Å². The highest BCUT2D eigenvalue weighted by Crippen LogP contribution is 2.09. The van der Waals surface area contributed by atoms with Gasteiger partial charge in [-0.1, -0.05) is 11.6 Å². The number of amides is 1. The Hall–Kier alpha value is -1.74. The summed E-state index contributed by atoms with van der Waals surface area (Å²) in [6.45, 7) is 2.45. The summed E-state index contributed by atoms with van der Waals surface area (Å²) in [5.74, 6) is 1.66. The van der Waals surface area contributed by atoms with Crippen LogP contribution < -0.4 is 5.32 Å². The third-order valence-corrected chi connectivity index (χ3v) is 2.81. The van der Waals surface area contributed by atoms with Crippen LogP contribution in [0.5, 0.6) is 0 Å². The maximum Gasteiger partial charge on any atom is 0.251 e. The molecule has 1 aromatic heterocycles. The summed E-state index contributed by atoms with van der Waals surface area (Å²) in [5, 5.41) is 3.46. The average molecular weight is 264 g/mol. The number of hydrogen-bond donors (Lipinski definition) is 1. The van der Waals surface area contributed by atoms with Gasteiger partial charge in [0.15, 0.2) is 0 Å². The number of furan rings is 1. The molecule has 1 heterocycles. The van der Waals surface area contributed by atoms with Crippen LogP contribution in [-0.2, 0) is 6.42 Å². The quantitative estimate of drug-likeness (QED) is 0.920. The number of rotatable bonds is 4. The molecule has 0 radical (unpaired) electrons. The highest BCUT2D eigenvalue weighted by Gasteiger charge is 2.05. The lowest BCUT2D eigenvalue weighted by molar-refractivity contribution is 0.0953. The zero-order valence-electron chi connectivity index (χ0n) is 10.1. The minimum Gasteiger partial charge on any atom is -0.466 e. The first-order chi connectivity index (χ1) is 8.65. The summed E-state index contributed by atoms with van der Waals surface area (Å²) in [4.78, 5) is 11.8. The van der Waals surface area contributed by atoms with Gasteiger partial charge in [-0.2, -0.15) is 0 Å². The topological polar surface area (TPSA) is 42.2 Å². The van der Waals surface area contributed by atoms with Crippen molar-refractivity contribution in [2.75, 3.05) is 6.54 Å². The van der Waals surface area contributed by atoms with Crippen molar-refractivity contribution in [3.05, 3.63) is 58.5 Å². The van der Waals surface area contributed by atoms with Crippen molar-refractivity contribution in [3.63, 3.8) is 0 Å². The number of carbonyl (C=O) groups is 1. The lowest BCUT2D eigenvalue weighted by Crippen LogP contribution is -2.25. The Morgan fingerprint density at radius 2 is 1.94 bits per heavy atom. The van der Waals surface area contributed by atoms with Gasteiger partial charge in [0.2, 0.25) is 0 Å². The number of carbonyl (C=O) groups excluding carboxylic acids is 1. The molecular formula is C14H14ClNO2. The molecule has 0 atom stereocenters. The number of hydrogen-bond acceptors (Lipinski definition) is 2. The summed E-state index contributed by atoms with van der Waals surface area (Å²) < 4.78 is 5.42. The Morgan fingerprint density at radius 3 is 2.56 bits per heavy atom. The van der Waals surface area contributed by atoms with Crippen LogP contribution in [0.15, 0.2) is 40.8 Å². The molecule has 2 aromatic rings. The van der Waals surface area contributed by atoms with E-state index in [9.17, 15) is 4.79 Å². The minimum absolute atomic E-state index is 0.102. The second kappa shape index (κ2) is 5.74. The zero-order valence-corrected chi connectivity index (χ0v) is 10.8. The van der Waals surface area contributed by atoms with E-state index in [0.717, 1.165) is 11.5 Å². The van der Waals surface area contributed by atoms with E-state index in [4.69, 9.17) is 16.0 Å². The molecule has 0 spiro atoms. The Labute approximate surface area is 111 Å². The fraction of sp³-hybridized carbons (Fsp3) is 0.214. The van der Waals surface area contributed by atoms with E-state index in [1.165, 1.54) is 0 Å². The van der Waals surface area contributed by atoms with Crippen molar-refractivity contribution in [2.45, 2.75) is 13.3 Å². The minimum atomic E-state index is -0.102. The fourth-order valence-corrected chi connectivity index (χ4v) is 1.75. The monoisotopic (exact) mass is 263 g/mol. The second-order valence-corrected chi connectivity index (χ2v) is 4.46. The highest BCUT2D eigenvalue weighted by molar-refractivity contribution is 6.30. The van der Waals surface area contributed by atoms with Gasteiger partial charge < -0.3 is 9.73 Å². The molecule has 0 aliphatic heterocycles. The molecule has 1 amide bonds. The molecule has 3 nitrogen and oxygen atoms in total. The lowest BCUT2D eigenvalue weighted by Gasteiger charge is -2.04. The van der Waals surface area contributed by atoms with Crippen LogP contribution in [0.25, 0.3) is 0 Å². The van der Waals surface area contributed by atoms with Crippen molar-refractivity contribution in [2.24, 2.45) is 0 Å². The zero-order chi connectivity index (χ0) is 13.0. The van der Waals surface area contributed by atoms with Gasteiger partial charge in [0.25, 0.3) is 5.91 Å². The molecule has 2 rings (SSSR count). The van der Waals surface area contributed by atoms with Gasteiger partial charge in [0.1, 0.15) is 11.5 Å². The Bertz CT molecular complexity index is 531. The van der Waals surface area contributed by atoms with Crippen molar-refractivity contribution in [3.8, 4) is 0 Å².